The van der Waals surface area contributed by atoms with E-state index in [1.54, 1.807) is 24.3 Å². The zero-order valence-corrected chi connectivity index (χ0v) is 16.7. The number of nitrogens with one attached hydrogen (secondary N) is 2. The Labute approximate surface area is 161 Å². The second kappa shape index (κ2) is 9.53. The van der Waals surface area contributed by atoms with E-state index in [0.29, 0.717) is 17.7 Å². The normalized spacial score (nSPS) is 15.1. The van der Waals surface area contributed by atoms with Gasteiger partial charge in [0, 0.05) is 30.8 Å². The fraction of sp³-hybridized carbons (Fsp3) is 0.571. The first-order valence-corrected chi connectivity index (χ1v) is 9.77. The Kier molecular flexibility index (Phi) is 7.39. The summed E-state index contributed by atoms with van der Waals surface area (Å²) in [5.41, 5.74) is 1.24. The average molecular weight is 373 g/mol. The molecule has 3 amide bonds. The van der Waals surface area contributed by atoms with Crippen LogP contribution in [-0.2, 0) is 9.59 Å². The summed E-state index contributed by atoms with van der Waals surface area (Å²) in [7, 11) is 0. The van der Waals surface area contributed by atoms with Gasteiger partial charge < -0.3 is 15.5 Å². The van der Waals surface area contributed by atoms with E-state index < -0.39 is 6.04 Å². The van der Waals surface area contributed by atoms with E-state index in [2.05, 4.69) is 10.6 Å². The zero-order chi connectivity index (χ0) is 20.0. The van der Waals surface area contributed by atoms with Crippen molar-refractivity contribution in [2.24, 2.45) is 11.8 Å². The number of carbonyl (C=O) groups excluding carboxylic acids is 3. The lowest BCUT2D eigenvalue weighted by Gasteiger charge is -2.22. The van der Waals surface area contributed by atoms with Gasteiger partial charge in [0.1, 0.15) is 6.04 Å². The highest BCUT2D eigenvalue weighted by molar-refractivity contribution is 5.98. The van der Waals surface area contributed by atoms with Crippen molar-refractivity contribution in [1.82, 2.24) is 10.2 Å². The molecule has 1 aliphatic heterocycles. The fourth-order valence-corrected chi connectivity index (χ4v) is 3.16. The maximum atomic E-state index is 12.6. The first kappa shape index (κ1) is 20.9. The molecule has 1 unspecified atom stereocenters. The molecule has 1 aromatic rings. The molecule has 148 valence electrons. The third-order valence-corrected chi connectivity index (χ3v) is 4.65. The van der Waals surface area contributed by atoms with Crippen molar-refractivity contribution < 1.29 is 14.4 Å². The molecular formula is C21H31N3O3. The molecular weight excluding hydrogens is 342 g/mol. The predicted octanol–water partition coefficient (Wildman–Crippen LogP) is 3.05. The lowest BCUT2D eigenvalue weighted by atomic mass is 10.0. The minimum Gasteiger partial charge on any atom is -0.344 e. The van der Waals surface area contributed by atoms with Crippen molar-refractivity contribution in [2.75, 3.05) is 18.4 Å². The smallest absolute Gasteiger partial charge is 0.253 e. The number of amides is 3. The van der Waals surface area contributed by atoms with Crippen LogP contribution in [0, 0.1) is 11.8 Å². The standard InChI is InChI=1S/C21H31N3O3/c1-14(2)13-18(25)23-19(15(3)4)20(26)22-17-9-7-16(8-10-17)21(27)24-11-5-6-12-24/h7-10,14-15,19H,5-6,11-13H2,1-4H3,(H,22,26)(H,23,25). The van der Waals surface area contributed by atoms with Gasteiger partial charge in [-0.15, -0.1) is 0 Å². The van der Waals surface area contributed by atoms with E-state index >= 15 is 0 Å². The summed E-state index contributed by atoms with van der Waals surface area (Å²) in [6.45, 7) is 9.35. The van der Waals surface area contributed by atoms with Crippen LogP contribution in [0.15, 0.2) is 24.3 Å². The Bertz CT molecular complexity index is 662. The molecule has 2 rings (SSSR count). The Morgan fingerprint density at radius 3 is 2.11 bits per heavy atom. The van der Waals surface area contributed by atoms with Gasteiger partial charge >= 0.3 is 0 Å². The number of rotatable bonds is 7. The number of likely N-dealkylation sites (tertiary alicyclic amines) is 1. The zero-order valence-electron chi connectivity index (χ0n) is 16.7. The highest BCUT2D eigenvalue weighted by Gasteiger charge is 2.25. The van der Waals surface area contributed by atoms with Gasteiger partial charge in [0.05, 0.1) is 0 Å². The van der Waals surface area contributed by atoms with E-state index in [-0.39, 0.29) is 29.6 Å². The van der Waals surface area contributed by atoms with Crippen molar-refractivity contribution in [3.05, 3.63) is 29.8 Å². The molecule has 0 bridgehead atoms. The van der Waals surface area contributed by atoms with Gasteiger partial charge in [0.2, 0.25) is 11.8 Å². The van der Waals surface area contributed by atoms with Crippen LogP contribution in [0.3, 0.4) is 0 Å². The molecule has 1 heterocycles. The summed E-state index contributed by atoms with van der Waals surface area (Å²) in [4.78, 5) is 38.9. The summed E-state index contributed by atoms with van der Waals surface area (Å²) < 4.78 is 0. The maximum Gasteiger partial charge on any atom is 0.253 e. The van der Waals surface area contributed by atoms with Crippen molar-refractivity contribution in [2.45, 2.75) is 53.0 Å². The topological polar surface area (TPSA) is 78.5 Å². The van der Waals surface area contributed by atoms with Gasteiger partial charge in [-0.1, -0.05) is 27.7 Å². The number of anilines is 1. The number of carbonyl (C=O) groups is 3. The molecule has 0 saturated carbocycles. The van der Waals surface area contributed by atoms with Gasteiger partial charge in [0.25, 0.3) is 5.91 Å². The minimum absolute atomic E-state index is 0.0304. The highest BCUT2D eigenvalue weighted by Crippen LogP contribution is 2.16. The predicted molar refractivity (Wildman–Crippen MR) is 106 cm³/mol. The van der Waals surface area contributed by atoms with Crippen LogP contribution < -0.4 is 10.6 Å². The molecule has 2 N–H and O–H groups in total. The molecule has 1 saturated heterocycles. The van der Waals surface area contributed by atoms with E-state index in [1.165, 1.54) is 0 Å². The molecule has 1 aromatic carbocycles. The van der Waals surface area contributed by atoms with Crippen LogP contribution in [-0.4, -0.2) is 41.8 Å². The quantitative estimate of drug-likeness (QED) is 0.771. The van der Waals surface area contributed by atoms with Crippen LogP contribution in [0.1, 0.15) is 57.3 Å². The summed E-state index contributed by atoms with van der Waals surface area (Å²) in [5, 5.41) is 5.66. The number of hydrogen-bond acceptors (Lipinski definition) is 3. The second-order valence-corrected chi connectivity index (χ2v) is 7.95. The molecule has 6 heteroatoms. The van der Waals surface area contributed by atoms with Gasteiger partial charge in [-0.3, -0.25) is 14.4 Å². The lowest BCUT2D eigenvalue weighted by molar-refractivity contribution is -0.127. The summed E-state index contributed by atoms with van der Waals surface area (Å²) >= 11 is 0. The van der Waals surface area contributed by atoms with Gasteiger partial charge in [0.15, 0.2) is 0 Å². The Morgan fingerprint density at radius 2 is 1.59 bits per heavy atom. The van der Waals surface area contributed by atoms with E-state index in [0.717, 1.165) is 25.9 Å². The van der Waals surface area contributed by atoms with Crippen molar-refractivity contribution >= 4 is 23.4 Å². The molecule has 1 aliphatic rings. The molecule has 0 aliphatic carbocycles. The van der Waals surface area contributed by atoms with Crippen molar-refractivity contribution in [3.63, 3.8) is 0 Å². The first-order chi connectivity index (χ1) is 12.8. The van der Waals surface area contributed by atoms with Crippen LogP contribution >= 0.6 is 0 Å². The van der Waals surface area contributed by atoms with E-state index in [9.17, 15) is 14.4 Å². The Hall–Kier alpha value is -2.37. The lowest BCUT2D eigenvalue weighted by Crippen LogP contribution is -2.47. The third-order valence-electron chi connectivity index (χ3n) is 4.65. The van der Waals surface area contributed by atoms with Crippen molar-refractivity contribution in [3.8, 4) is 0 Å². The third kappa shape index (κ3) is 6.08. The Morgan fingerprint density at radius 1 is 1.00 bits per heavy atom. The Balaban J connectivity index is 1.98. The van der Waals surface area contributed by atoms with Crippen LogP contribution in [0.2, 0.25) is 0 Å². The fourth-order valence-electron chi connectivity index (χ4n) is 3.16. The van der Waals surface area contributed by atoms with Gasteiger partial charge in [-0.05, 0) is 48.9 Å². The summed E-state index contributed by atoms with van der Waals surface area (Å²) in [6, 6.07) is 6.33. The second-order valence-electron chi connectivity index (χ2n) is 7.95. The summed E-state index contributed by atoms with van der Waals surface area (Å²) in [6.07, 6.45) is 2.50. The van der Waals surface area contributed by atoms with E-state index in [1.807, 2.05) is 32.6 Å². The minimum atomic E-state index is -0.595. The van der Waals surface area contributed by atoms with Crippen molar-refractivity contribution in [1.29, 1.82) is 0 Å². The molecule has 1 atom stereocenters. The average Bonchev–Trinajstić information content (AvgIpc) is 3.13. The molecule has 27 heavy (non-hydrogen) atoms. The van der Waals surface area contributed by atoms with Gasteiger partial charge in [-0.25, -0.2) is 0 Å². The number of benzene rings is 1. The molecule has 0 aromatic heterocycles. The maximum absolute atomic E-state index is 12.6. The van der Waals surface area contributed by atoms with E-state index in [4.69, 9.17) is 0 Å². The largest absolute Gasteiger partial charge is 0.344 e. The van der Waals surface area contributed by atoms with Gasteiger partial charge in [-0.2, -0.15) is 0 Å². The molecule has 0 radical (unpaired) electrons. The molecule has 6 nitrogen and oxygen atoms in total. The van der Waals surface area contributed by atoms with Crippen LogP contribution in [0.25, 0.3) is 0 Å². The SMILES string of the molecule is CC(C)CC(=O)NC(C(=O)Nc1ccc(C(=O)N2CCCC2)cc1)C(C)C. The molecule has 0 spiro atoms. The monoisotopic (exact) mass is 373 g/mol. The number of nitrogens with zero attached hydrogens (tertiary/aromatic N) is 1. The highest BCUT2D eigenvalue weighted by atomic mass is 16.2. The van der Waals surface area contributed by atoms with Crippen LogP contribution in [0.5, 0.6) is 0 Å². The molecule has 1 fully saturated rings. The van der Waals surface area contributed by atoms with Crippen LogP contribution in [0.4, 0.5) is 5.69 Å². The first-order valence-electron chi connectivity index (χ1n) is 9.77. The number of hydrogen-bond donors (Lipinski definition) is 2. The summed E-state index contributed by atoms with van der Waals surface area (Å²) in [5.74, 6) is -0.129.